The number of hydrogen-bond donors (Lipinski definition) is 2. The van der Waals surface area contributed by atoms with Gasteiger partial charge in [0.2, 0.25) is 0 Å². The van der Waals surface area contributed by atoms with Crippen LogP contribution in [0.25, 0.3) is 0 Å². The fourth-order valence-corrected chi connectivity index (χ4v) is 2.72. The molecule has 1 aliphatic carbocycles. The molecule has 108 valence electrons. The Balaban J connectivity index is 1.83. The van der Waals surface area contributed by atoms with Crippen LogP contribution in [0.5, 0.6) is 11.5 Å². The Hall–Kier alpha value is -2.49. The second-order valence-corrected chi connectivity index (χ2v) is 5.15. The third-order valence-corrected chi connectivity index (χ3v) is 3.82. The molecule has 0 atom stereocenters. The van der Waals surface area contributed by atoms with Crippen LogP contribution in [0.1, 0.15) is 27.9 Å². The molecule has 1 aliphatic rings. The summed E-state index contributed by atoms with van der Waals surface area (Å²) in [6.45, 7) is 0. The van der Waals surface area contributed by atoms with Crippen LogP contribution in [0.15, 0.2) is 36.4 Å². The van der Waals surface area contributed by atoms with Crippen molar-refractivity contribution < 1.29 is 14.6 Å². The lowest BCUT2D eigenvalue weighted by Crippen LogP contribution is -2.12. The number of para-hydroxylation sites is 1. The number of ether oxygens (including phenoxy) is 1. The van der Waals surface area contributed by atoms with E-state index < -0.39 is 0 Å². The predicted molar refractivity (Wildman–Crippen MR) is 81.1 cm³/mol. The van der Waals surface area contributed by atoms with E-state index in [0.29, 0.717) is 0 Å². The Kier molecular flexibility index (Phi) is 3.52. The molecule has 2 aromatic rings. The zero-order chi connectivity index (χ0) is 14.8. The highest BCUT2D eigenvalue weighted by atomic mass is 16.5. The van der Waals surface area contributed by atoms with E-state index in [1.165, 1.54) is 24.7 Å². The van der Waals surface area contributed by atoms with Gasteiger partial charge in [-0.15, -0.1) is 0 Å². The molecule has 0 bridgehead atoms. The average Bonchev–Trinajstić information content (AvgIpc) is 2.95. The highest BCUT2D eigenvalue weighted by Crippen LogP contribution is 2.30. The van der Waals surface area contributed by atoms with Crippen molar-refractivity contribution in [1.82, 2.24) is 0 Å². The van der Waals surface area contributed by atoms with Crippen molar-refractivity contribution in [2.75, 3.05) is 12.4 Å². The smallest absolute Gasteiger partial charge is 0.259 e. The Morgan fingerprint density at radius 1 is 1.19 bits per heavy atom. The second kappa shape index (κ2) is 5.48. The maximum absolute atomic E-state index is 12.3. The topological polar surface area (TPSA) is 58.6 Å². The van der Waals surface area contributed by atoms with Crippen LogP contribution >= 0.6 is 0 Å². The van der Waals surface area contributed by atoms with Gasteiger partial charge < -0.3 is 15.2 Å². The summed E-state index contributed by atoms with van der Waals surface area (Å²) in [5.74, 6) is -0.195. The lowest BCUT2D eigenvalue weighted by molar-refractivity contribution is 0.102. The number of amides is 1. The summed E-state index contributed by atoms with van der Waals surface area (Å²) in [5.41, 5.74) is 3.61. The van der Waals surface area contributed by atoms with Gasteiger partial charge >= 0.3 is 0 Å². The molecule has 0 heterocycles. The van der Waals surface area contributed by atoms with Gasteiger partial charge in [0, 0.05) is 5.69 Å². The van der Waals surface area contributed by atoms with E-state index in [9.17, 15) is 9.90 Å². The maximum atomic E-state index is 12.3. The van der Waals surface area contributed by atoms with Crippen LogP contribution in [-0.4, -0.2) is 18.1 Å². The summed E-state index contributed by atoms with van der Waals surface area (Å²) in [7, 11) is 1.46. The van der Waals surface area contributed by atoms with Crippen molar-refractivity contribution in [1.29, 1.82) is 0 Å². The van der Waals surface area contributed by atoms with Gasteiger partial charge in [-0.05, 0) is 54.7 Å². The Labute approximate surface area is 123 Å². The first-order valence-corrected chi connectivity index (χ1v) is 6.98. The number of methoxy groups -OCH3 is 1. The Morgan fingerprint density at radius 2 is 2.00 bits per heavy atom. The molecule has 4 nitrogen and oxygen atoms in total. The largest absolute Gasteiger partial charge is 0.504 e. The third-order valence-electron chi connectivity index (χ3n) is 3.82. The molecule has 2 N–H and O–H groups in total. The lowest BCUT2D eigenvalue weighted by Gasteiger charge is -2.10. The van der Waals surface area contributed by atoms with Crippen molar-refractivity contribution in [2.24, 2.45) is 0 Å². The molecule has 0 unspecified atom stereocenters. The standard InChI is InChI=1S/C17H17NO3/c1-21-15-7-3-6-14(16(15)19)17(20)18-13-9-8-11-4-2-5-12(11)10-13/h3,6-10,19H,2,4-5H2,1H3,(H,18,20). The van der Waals surface area contributed by atoms with Gasteiger partial charge in [-0.3, -0.25) is 4.79 Å². The van der Waals surface area contributed by atoms with Crippen LogP contribution in [-0.2, 0) is 12.8 Å². The highest BCUT2D eigenvalue weighted by Gasteiger charge is 2.16. The first-order valence-electron chi connectivity index (χ1n) is 6.98. The molecule has 0 aromatic heterocycles. The average molecular weight is 283 g/mol. The normalized spacial score (nSPS) is 12.8. The first-order chi connectivity index (χ1) is 10.2. The molecule has 3 rings (SSSR count). The number of carbonyl (C=O) groups excluding carboxylic acids is 1. The van der Waals surface area contributed by atoms with Crippen molar-refractivity contribution in [3.05, 3.63) is 53.1 Å². The number of aromatic hydroxyl groups is 1. The number of anilines is 1. The van der Waals surface area contributed by atoms with Gasteiger partial charge in [-0.25, -0.2) is 0 Å². The van der Waals surface area contributed by atoms with Gasteiger partial charge in [-0.1, -0.05) is 12.1 Å². The molecule has 0 saturated carbocycles. The lowest BCUT2D eigenvalue weighted by atomic mass is 10.1. The fraction of sp³-hybridized carbons (Fsp3) is 0.235. The summed E-state index contributed by atoms with van der Waals surface area (Å²) < 4.78 is 5.02. The SMILES string of the molecule is COc1cccc(C(=O)Nc2ccc3c(c2)CCC3)c1O. The molecule has 0 aliphatic heterocycles. The van der Waals surface area contributed by atoms with Crippen LogP contribution < -0.4 is 10.1 Å². The van der Waals surface area contributed by atoms with E-state index in [1.807, 2.05) is 12.1 Å². The second-order valence-electron chi connectivity index (χ2n) is 5.15. The molecule has 0 saturated heterocycles. The number of phenols is 1. The van der Waals surface area contributed by atoms with E-state index in [-0.39, 0.29) is 23.0 Å². The van der Waals surface area contributed by atoms with E-state index >= 15 is 0 Å². The highest BCUT2D eigenvalue weighted by molar-refractivity contribution is 6.06. The van der Waals surface area contributed by atoms with Crippen molar-refractivity contribution in [3.8, 4) is 11.5 Å². The number of nitrogens with one attached hydrogen (secondary N) is 1. The van der Waals surface area contributed by atoms with Crippen molar-refractivity contribution in [3.63, 3.8) is 0 Å². The molecule has 0 radical (unpaired) electrons. The van der Waals surface area contributed by atoms with Gasteiger partial charge in [-0.2, -0.15) is 0 Å². The summed E-state index contributed by atoms with van der Waals surface area (Å²) in [4.78, 5) is 12.3. The molecule has 0 spiro atoms. The quantitative estimate of drug-likeness (QED) is 0.909. The molecular formula is C17H17NO3. The van der Waals surface area contributed by atoms with E-state index in [1.54, 1.807) is 18.2 Å². The van der Waals surface area contributed by atoms with Crippen molar-refractivity contribution >= 4 is 11.6 Å². The Bertz CT molecular complexity index is 694. The number of carbonyl (C=O) groups is 1. The zero-order valence-corrected chi connectivity index (χ0v) is 11.8. The van der Waals surface area contributed by atoms with Crippen LogP contribution in [0.3, 0.4) is 0 Å². The monoisotopic (exact) mass is 283 g/mol. The molecular weight excluding hydrogens is 266 g/mol. The minimum absolute atomic E-state index is 0.140. The minimum atomic E-state index is -0.343. The number of hydrogen-bond acceptors (Lipinski definition) is 3. The molecule has 2 aromatic carbocycles. The van der Waals surface area contributed by atoms with Crippen LogP contribution in [0, 0.1) is 0 Å². The summed E-state index contributed by atoms with van der Waals surface area (Å²) >= 11 is 0. The van der Waals surface area contributed by atoms with E-state index in [0.717, 1.165) is 18.5 Å². The molecule has 0 fully saturated rings. The number of aryl methyl sites for hydroxylation is 2. The van der Waals surface area contributed by atoms with Gasteiger partial charge in [0.05, 0.1) is 12.7 Å². The summed E-state index contributed by atoms with van der Waals surface area (Å²) in [5, 5.41) is 12.8. The number of phenolic OH excluding ortho intramolecular Hbond substituents is 1. The molecule has 1 amide bonds. The fourth-order valence-electron chi connectivity index (χ4n) is 2.72. The van der Waals surface area contributed by atoms with Crippen LogP contribution in [0.2, 0.25) is 0 Å². The van der Waals surface area contributed by atoms with Gasteiger partial charge in [0.25, 0.3) is 5.91 Å². The molecule has 4 heteroatoms. The third kappa shape index (κ3) is 2.57. The predicted octanol–water partition coefficient (Wildman–Crippen LogP) is 3.14. The molecule has 21 heavy (non-hydrogen) atoms. The minimum Gasteiger partial charge on any atom is -0.504 e. The first kappa shape index (κ1) is 13.5. The van der Waals surface area contributed by atoms with Gasteiger partial charge in [0.15, 0.2) is 11.5 Å². The summed E-state index contributed by atoms with van der Waals surface area (Å²) in [6, 6.07) is 10.8. The number of fused-ring (bicyclic) bond motifs is 1. The van der Waals surface area contributed by atoms with Crippen LogP contribution in [0.4, 0.5) is 5.69 Å². The van der Waals surface area contributed by atoms with E-state index in [2.05, 4.69) is 11.4 Å². The zero-order valence-electron chi connectivity index (χ0n) is 11.8. The Morgan fingerprint density at radius 3 is 2.81 bits per heavy atom. The summed E-state index contributed by atoms with van der Waals surface area (Å²) in [6.07, 6.45) is 3.34. The van der Waals surface area contributed by atoms with E-state index in [4.69, 9.17) is 4.74 Å². The maximum Gasteiger partial charge on any atom is 0.259 e. The number of benzene rings is 2. The van der Waals surface area contributed by atoms with Gasteiger partial charge in [0.1, 0.15) is 0 Å². The number of rotatable bonds is 3. The van der Waals surface area contributed by atoms with Crippen molar-refractivity contribution in [2.45, 2.75) is 19.3 Å².